The summed E-state index contributed by atoms with van der Waals surface area (Å²) in [6.45, 7) is 3.06. The van der Waals surface area contributed by atoms with Crippen molar-refractivity contribution in [2.75, 3.05) is 39.8 Å². The highest BCUT2D eigenvalue weighted by atomic mass is 35.5. The molecule has 0 aliphatic carbocycles. The third-order valence-corrected chi connectivity index (χ3v) is 4.27. The number of carbonyl (C=O) groups excluding carboxylic acids is 2. The van der Waals surface area contributed by atoms with Gasteiger partial charge < -0.3 is 20.1 Å². The molecule has 6 nitrogen and oxygen atoms in total. The van der Waals surface area contributed by atoms with E-state index < -0.39 is 0 Å². The highest BCUT2D eigenvalue weighted by molar-refractivity contribution is 5.98. The van der Waals surface area contributed by atoms with Crippen molar-refractivity contribution in [2.24, 2.45) is 0 Å². The van der Waals surface area contributed by atoms with Crippen LogP contribution in [0.25, 0.3) is 10.9 Å². The van der Waals surface area contributed by atoms with Gasteiger partial charge in [-0.15, -0.1) is 12.4 Å². The molecule has 3 rings (SSSR count). The van der Waals surface area contributed by atoms with Crippen LogP contribution in [0, 0.1) is 0 Å². The molecule has 1 aliphatic heterocycles. The number of piperazine rings is 1. The molecule has 1 saturated heterocycles. The van der Waals surface area contributed by atoms with E-state index in [9.17, 15) is 9.59 Å². The van der Waals surface area contributed by atoms with Crippen molar-refractivity contribution in [3.8, 4) is 0 Å². The van der Waals surface area contributed by atoms with Gasteiger partial charge in [0.05, 0.1) is 0 Å². The van der Waals surface area contributed by atoms with Gasteiger partial charge in [0.15, 0.2) is 0 Å². The van der Waals surface area contributed by atoms with Gasteiger partial charge in [-0.1, -0.05) is 18.2 Å². The Kier molecular flexibility index (Phi) is 6.23. The van der Waals surface area contributed by atoms with E-state index in [1.165, 1.54) is 0 Å². The minimum Gasteiger partial charge on any atom is -0.351 e. The van der Waals surface area contributed by atoms with Crippen LogP contribution < -0.4 is 5.32 Å². The molecule has 130 valence electrons. The van der Waals surface area contributed by atoms with Crippen LogP contribution in [0.3, 0.4) is 0 Å². The maximum Gasteiger partial charge on any atom is 0.270 e. The van der Waals surface area contributed by atoms with Crippen LogP contribution in [-0.4, -0.2) is 66.4 Å². The van der Waals surface area contributed by atoms with E-state index in [1.807, 2.05) is 47.2 Å². The van der Waals surface area contributed by atoms with Gasteiger partial charge in [-0.25, -0.2) is 0 Å². The van der Waals surface area contributed by atoms with Gasteiger partial charge >= 0.3 is 0 Å². The van der Waals surface area contributed by atoms with Crippen LogP contribution in [0.2, 0.25) is 0 Å². The number of hydrogen-bond acceptors (Lipinski definition) is 3. The average Bonchev–Trinajstić information content (AvgIpc) is 3.03. The number of nitrogens with one attached hydrogen (secondary N) is 2. The lowest BCUT2D eigenvalue weighted by atomic mass is 10.2. The smallest absolute Gasteiger partial charge is 0.270 e. The molecular weight excluding hydrogens is 328 g/mol. The molecule has 0 unspecified atom stereocenters. The second kappa shape index (κ2) is 8.17. The fraction of sp³-hybridized carbons (Fsp3) is 0.412. The molecule has 2 heterocycles. The summed E-state index contributed by atoms with van der Waals surface area (Å²) in [4.78, 5) is 31.4. The summed E-state index contributed by atoms with van der Waals surface area (Å²) in [6.07, 6.45) is 0.506. The SMILES string of the molecule is CNCCC(=O)N1CCN(C(=O)c2cc3ccccc3[nH]2)CC1.Cl. The van der Waals surface area contributed by atoms with Gasteiger partial charge in [0, 0.05) is 50.0 Å². The van der Waals surface area contributed by atoms with E-state index in [1.54, 1.807) is 0 Å². The van der Waals surface area contributed by atoms with Gasteiger partial charge in [0.1, 0.15) is 5.69 Å². The summed E-state index contributed by atoms with van der Waals surface area (Å²) in [7, 11) is 1.84. The molecule has 24 heavy (non-hydrogen) atoms. The Bertz CT molecular complexity index is 674. The lowest BCUT2D eigenvalue weighted by Gasteiger charge is -2.34. The lowest BCUT2D eigenvalue weighted by Crippen LogP contribution is -2.51. The van der Waals surface area contributed by atoms with Crippen LogP contribution in [0.1, 0.15) is 16.9 Å². The number of carbonyl (C=O) groups is 2. The summed E-state index contributed by atoms with van der Waals surface area (Å²) in [5, 5.41) is 4.02. The number of aromatic nitrogens is 1. The standard InChI is InChI=1S/C17H22N4O2.ClH/c1-18-7-6-16(22)20-8-10-21(11-9-20)17(23)15-12-13-4-2-3-5-14(13)19-15;/h2-5,12,18-19H,6-11H2,1H3;1H. The van der Waals surface area contributed by atoms with Gasteiger partial charge in [-0.3, -0.25) is 9.59 Å². The lowest BCUT2D eigenvalue weighted by molar-refractivity contribution is -0.132. The molecule has 0 atom stereocenters. The van der Waals surface area contributed by atoms with E-state index in [-0.39, 0.29) is 24.2 Å². The number of benzene rings is 1. The first-order valence-corrected chi connectivity index (χ1v) is 7.98. The second-order valence-electron chi connectivity index (χ2n) is 5.80. The summed E-state index contributed by atoms with van der Waals surface area (Å²) in [6, 6.07) is 9.75. The molecule has 1 aromatic carbocycles. The van der Waals surface area contributed by atoms with Gasteiger partial charge in [-0.2, -0.15) is 0 Å². The molecule has 1 fully saturated rings. The first kappa shape index (κ1) is 18.3. The number of para-hydroxylation sites is 1. The highest BCUT2D eigenvalue weighted by Gasteiger charge is 2.25. The van der Waals surface area contributed by atoms with E-state index >= 15 is 0 Å². The van der Waals surface area contributed by atoms with E-state index in [2.05, 4.69) is 10.3 Å². The minimum absolute atomic E-state index is 0. The molecular formula is C17H23ClN4O2. The number of rotatable bonds is 4. The van der Waals surface area contributed by atoms with Crippen molar-refractivity contribution < 1.29 is 9.59 Å². The number of halogens is 1. The quantitative estimate of drug-likeness (QED) is 0.877. The van der Waals surface area contributed by atoms with Crippen LogP contribution in [-0.2, 0) is 4.79 Å². The zero-order valence-electron chi connectivity index (χ0n) is 13.7. The Hall–Kier alpha value is -2.05. The topological polar surface area (TPSA) is 68.4 Å². The van der Waals surface area contributed by atoms with Gasteiger partial charge in [0.2, 0.25) is 5.91 Å². The van der Waals surface area contributed by atoms with Crippen molar-refractivity contribution in [1.29, 1.82) is 0 Å². The molecule has 1 aromatic heterocycles. The molecule has 2 N–H and O–H groups in total. The third kappa shape index (κ3) is 3.88. The Labute approximate surface area is 147 Å². The van der Waals surface area contributed by atoms with E-state index in [0.29, 0.717) is 44.8 Å². The van der Waals surface area contributed by atoms with Gasteiger partial charge in [-0.05, 0) is 19.2 Å². The maximum absolute atomic E-state index is 12.6. The molecule has 0 saturated carbocycles. The van der Waals surface area contributed by atoms with Crippen molar-refractivity contribution in [2.45, 2.75) is 6.42 Å². The van der Waals surface area contributed by atoms with Crippen LogP contribution in [0.5, 0.6) is 0 Å². The zero-order chi connectivity index (χ0) is 16.2. The van der Waals surface area contributed by atoms with E-state index in [0.717, 1.165) is 10.9 Å². The number of H-pyrrole nitrogens is 1. The normalized spacial score (nSPS) is 14.5. The number of nitrogens with zero attached hydrogens (tertiary/aromatic N) is 2. The van der Waals surface area contributed by atoms with Gasteiger partial charge in [0.25, 0.3) is 5.91 Å². The summed E-state index contributed by atoms with van der Waals surface area (Å²) < 4.78 is 0. The fourth-order valence-corrected chi connectivity index (χ4v) is 2.91. The van der Waals surface area contributed by atoms with Crippen LogP contribution >= 0.6 is 12.4 Å². The predicted octanol–water partition coefficient (Wildman–Crippen LogP) is 1.48. The third-order valence-electron chi connectivity index (χ3n) is 4.27. The zero-order valence-corrected chi connectivity index (χ0v) is 14.6. The average molecular weight is 351 g/mol. The molecule has 0 bridgehead atoms. The maximum atomic E-state index is 12.6. The van der Waals surface area contributed by atoms with Crippen LogP contribution in [0.4, 0.5) is 0 Å². The molecule has 2 aromatic rings. The Morgan fingerprint density at radius 3 is 2.46 bits per heavy atom. The summed E-state index contributed by atoms with van der Waals surface area (Å²) in [5.74, 6) is 0.153. The minimum atomic E-state index is 0. The number of fused-ring (bicyclic) bond motifs is 1. The molecule has 2 amide bonds. The van der Waals surface area contributed by atoms with Crippen molar-refractivity contribution >= 4 is 35.1 Å². The van der Waals surface area contributed by atoms with Crippen LogP contribution in [0.15, 0.2) is 30.3 Å². The second-order valence-corrected chi connectivity index (χ2v) is 5.80. The first-order chi connectivity index (χ1) is 11.2. The Balaban J connectivity index is 0.00000208. The first-order valence-electron chi connectivity index (χ1n) is 7.98. The van der Waals surface area contributed by atoms with Crippen molar-refractivity contribution in [1.82, 2.24) is 20.1 Å². The molecule has 0 spiro atoms. The van der Waals surface area contributed by atoms with Crippen molar-refractivity contribution in [3.05, 3.63) is 36.0 Å². The molecule has 1 aliphatic rings. The number of amides is 2. The predicted molar refractivity (Wildman–Crippen MR) is 96.6 cm³/mol. The molecule has 7 heteroatoms. The Morgan fingerprint density at radius 1 is 1.12 bits per heavy atom. The molecule has 0 radical (unpaired) electrons. The number of hydrogen-bond donors (Lipinski definition) is 2. The summed E-state index contributed by atoms with van der Waals surface area (Å²) >= 11 is 0. The van der Waals surface area contributed by atoms with E-state index in [4.69, 9.17) is 0 Å². The van der Waals surface area contributed by atoms with Crippen molar-refractivity contribution in [3.63, 3.8) is 0 Å². The summed E-state index contributed by atoms with van der Waals surface area (Å²) in [5.41, 5.74) is 1.58. The fourth-order valence-electron chi connectivity index (χ4n) is 2.91. The largest absolute Gasteiger partial charge is 0.351 e. The Morgan fingerprint density at radius 2 is 1.79 bits per heavy atom. The highest BCUT2D eigenvalue weighted by Crippen LogP contribution is 2.17. The monoisotopic (exact) mass is 350 g/mol. The number of aromatic amines is 1.